The van der Waals surface area contributed by atoms with Crippen LogP contribution < -0.4 is 69.6 Å². The fourth-order valence-electron chi connectivity index (χ4n) is 0.526. The van der Waals surface area contributed by atoms with Crippen molar-refractivity contribution in [3.05, 3.63) is 0 Å². The van der Waals surface area contributed by atoms with Gasteiger partial charge < -0.3 is 8.17 Å². The van der Waals surface area contributed by atoms with Gasteiger partial charge in [-0.3, -0.25) is 4.79 Å². The van der Waals surface area contributed by atoms with E-state index in [0.29, 0.717) is 11.3 Å². The van der Waals surface area contributed by atoms with Gasteiger partial charge in [-0.15, -0.1) is 10.2 Å². The average Bonchev–Trinajstić information content (AvgIpc) is 2.32. The van der Waals surface area contributed by atoms with Crippen LogP contribution in [0, 0.1) is 0 Å². The Balaban J connectivity index is -0.000000211. The number of primary sulfonamides is 1. The van der Waals surface area contributed by atoms with E-state index in [1.807, 2.05) is 0 Å². The number of nitrogens with one attached hydrogen (secondary N) is 1. The van der Waals surface area contributed by atoms with Crippen molar-refractivity contribution in [3.8, 4) is 0 Å². The molecule has 76 valence electrons. The summed E-state index contributed by atoms with van der Waals surface area (Å²) in [6.07, 6.45) is 0. The molecule has 0 aliphatic carbocycles. The number of hydrogen-bond donors (Lipinski definition) is 2. The predicted octanol–water partition coefficient (Wildman–Crippen LogP) is -6.62. The Morgan fingerprint density at radius 1 is 1.47 bits per heavy atom. The van der Waals surface area contributed by atoms with Gasteiger partial charge in [-0.25, -0.2) is 13.6 Å². The van der Waals surface area contributed by atoms with E-state index < -0.39 is 10.0 Å². The van der Waals surface area contributed by atoms with Gasteiger partial charge in [0.25, 0.3) is 10.0 Å². The molecule has 1 rings (SSSR count). The fourth-order valence-corrected chi connectivity index (χ4v) is 1.91. The van der Waals surface area contributed by atoms with Crippen LogP contribution in [-0.4, -0.2) is 24.5 Å². The second kappa shape index (κ2) is 7.30. The number of anilines is 1. The second-order valence-corrected chi connectivity index (χ2v) is 4.81. The van der Waals surface area contributed by atoms with E-state index in [-0.39, 0.29) is 77.3 Å². The van der Waals surface area contributed by atoms with Crippen LogP contribution in [0.1, 0.15) is 9.78 Å². The first-order chi connectivity index (χ1) is 5.89. The van der Waals surface area contributed by atoms with Crippen LogP contribution in [-0.2, 0) is 14.8 Å². The third-order valence-electron chi connectivity index (χ3n) is 0.933. The molecule has 7 nitrogen and oxygen atoms in total. The molecule has 3 N–H and O–H groups in total. The summed E-state index contributed by atoms with van der Waals surface area (Å²) in [5.74, 6) is -0.350. The first kappa shape index (κ1) is 18.3. The minimum atomic E-state index is -3.82. The van der Waals surface area contributed by atoms with Gasteiger partial charge in [0.2, 0.25) is 15.4 Å². The normalized spacial score (nSPS) is 9.73. The van der Waals surface area contributed by atoms with Crippen molar-refractivity contribution in [1.82, 2.24) is 10.2 Å². The van der Waals surface area contributed by atoms with Crippen molar-refractivity contribution in [2.45, 2.75) is 11.3 Å². The van der Waals surface area contributed by atoms with E-state index in [0.717, 1.165) is 0 Å². The molecule has 11 heteroatoms. The van der Waals surface area contributed by atoms with Gasteiger partial charge in [0.1, 0.15) is 0 Å². The SMILES string of the molecule is CC(=O)Nc1nnc(S(N)(=O)=O)s1.[H-].[H-].[Na+].[Na+]. The summed E-state index contributed by atoms with van der Waals surface area (Å²) < 4.78 is 21.1. The summed E-state index contributed by atoms with van der Waals surface area (Å²) in [6.45, 7) is 1.28. The summed E-state index contributed by atoms with van der Waals surface area (Å²) >= 11 is 0.701. The number of nitrogens with two attached hydrogens (primary N) is 1. The predicted molar refractivity (Wildman–Crippen MR) is 47.8 cm³/mol. The second-order valence-electron chi connectivity index (χ2n) is 2.10. The summed E-state index contributed by atoms with van der Waals surface area (Å²) in [5.41, 5.74) is 0. The molecule has 0 atom stereocenters. The Bertz CT molecular complexity index is 440. The maximum absolute atomic E-state index is 10.7. The summed E-state index contributed by atoms with van der Waals surface area (Å²) in [5, 5.41) is 13.8. The van der Waals surface area contributed by atoms with E-state index in [1.165, 1.54) is 6.92 Å². The van der Waals surface area contributed by atoms with Crippen LogP contribution in [0.5, 0.6) is 0 Å². The Morgan fingerprint density at radius 3 is 2.33 bits per heavy atom. The molecule has 15 heavy (non-hydrogen) atoms. The largest absolute Gasteiger partial charge is 1.00 e. The van der Waals surface area contributed by atoms with Crippen LogP contribution in [0.25, 0.3) is 0 Å². The van der Waals surface area contributed by atoms with Crippen LogP contribution >= 0.6 is 11.3 Å². The van der Waals surface area contributed by atoms with E-state index >= 15 is 0 Å². The van der Waals surface area contributed by atoms with E-state index in [9.17, 15) is 13.2 Å². The van der Waals surface area contributed by atoms with Crippen LogP contribution in [0.4, 0.5) is 5.13 Å². The molecule has 1 heterocycles. The molecule has 0 aliphatic heterocycles. The Kier molecular flexibility index (Phi) is 8.91. The van der Waals surface area contributed by atoms with Gasteiger partial charge in [-0.2, -0.15) is 0 Å². The zero-order valence-electron chi connectivity index (χ0n) is 10.5. The third kappa shape index (κ3) is 6.29. The number of sulfonamides is 1. The molecule has 0 aliphatic rings. The monoisotopic (exact) mass is 270 g/mol. The van der Waals surface area contributed by atoms with Crippen LogP contribution in [0.2, 0.25) is 0 Å². The van der Waals surface area contributed by atoms with Gasteiger partial charge in [-0.1, -0.05) is 11.3 Å². The number of carbonyl (C=O) groups is 1. The van der Waals surface area contributed by atoms with Crippen LogP contribution in [0.15, 0.2) is 4.34 Å². The molecule has 0 fully saturated rings. The van der Waals surface area contributed by atoms with Gasteiger partial charge in [0.15, 0.2) is 0 Å². The zero-order valence-corrected chi connectivity index (χ0v) is 14.1. The smallest absolute Gasteiger partial charge is 1.00 e. The number of nitrogens with zero attached hydrogens (tertiary/aromatic N) is 2. The topological polar surface area (TPSA) is 115 Å². The molecule has 0 spiro atoms. The van der Waals surface area contributed by atoms with Gasteiger partial charge in [-0.05, 0) is 0 Å². The maximum Gasteiger partial charge on any atom is 1.00 e. The summed E-state index contributed by atoms with van der Waals surface area (Å²) in [4.78, 5) is 10.5. The van der Waals surface area contributed by atoms with Gasteiger partial charge in [0, 0.05) is 6.92 Å². The Labute approximate surface area is 138 Å². The van der Waals surface area contributed by atoms with E-state index in [2.05, 4.69) is 15.5 Å². The molecule has 0 aromatic carbocycles. The van der Waals surface area contributed by atoms with Crippen molar-refractivity contribution in [3.63, 3.8) is 0 Å². The Morgan fingerprint density at radius 2 is 2.00 bits per heavy atom. The molecule has 0 bridgehead atoms. The fraction of sp³-hybridized carbons (Fsp3) is 0.250. The maximum atomic E-state index is 10.7. The first-order valence-electron chi connectivity index (χ1n) is 3.03. The van der Waals surface area contributed by atoms with Crippen molar-refractivity contribution < 1.29 is 75.2 Å². The third-order valence-corrected chi connectivity index (χ3v) is 3.08. The van der Waals surface area contributed by atoms with Crippen molar-refractivity contribution in [2.24, 2.45) is 5.14 Å². The van der Waals surface area contributed by atoms with E-state index in [4.69, 9.17) is 5.14 Å². The molecular weight excluding hydrogens is 262 g/mol. The molecule has 1 amide bonds. The summed E-state index contributed by atoms with van der Waals surface area (Å²) in [7, 11) is -3.82. The number of rotatable bonds is 2. The zero-order chi connectivity index (χ0) is 10.1. The van der Waals surface area contributed by atoms with Crippen molar-refractivity contribution in [1.29, 1.82) is 0 Å². The van der Waals surface area contributed by atoms with Gasteiger partial charge in [0.05, 0.1) is 0 Å². The van der Waals surface area contributed by atoms with Gasteiger partial charge >= 0.3 is 59.1 Å². The number of carbonyl (C=O) groups excluding carboxylic acids is 1. The van der Waals surface area contributed by atoms with Crippen LogP contribution in [0.3, 0.4) is 0 Å². The number of aromatic nitrogens is 2. The van der Waals surface area contributed by atoms with Crippen molar-refractivity contribution >= 4 is 32.4 Å². The minimum absolute atomic E-state index is 0. The molecule has 0 radical (unpaired) electrons. The molecule has 1 aromatic heterocycles. The van der Waals surface area contributed by atoms with E-state index in [1.54, 1.807) is 0 Å². The van der Waals surface area contributed by atoms with Crippen molar-refractivity contribution in [2.75, 3.05) is 5.32 Å². The molecule has 0 saturated carbocycles. The number of hydrogen-bond acceptors (Lipinski definition) is 6. The first-order valence-corrected chi connectivity index (χ1v) is 5.40. The quantitative estimate of drug-likeness (QED) is 0.409. The molecule has 0 saturated heterocycles. The standard InChI is InChI=1S/C4H6N4O3S2.2Na.2H/c1-2(9)6-3-7-8-4(12-3)13(5,10)11;;;;/h1H3,(H2,5,10,11)(H,6,7,9);;;;/q;2*+1;2*-1. The summed E-state index contributed by atoms with van der Waals surface area (Å²) in [6, 6.07) is 0. The molecule has 1 aromatic rings. The molecular formula is C4H8N4Na2O3S2. The average molecular weight is 270 g/mol. The molecule has 0 unspecified atom stereocenters. The number of amides is 1. The Hall–Kier alpha value is 0.940. The minimum Gasteiger partial charge on any atom is -1.00 e.